The minimum absolute atomic E-state index is 0.0186. The minimum Gasteiger partial charge on any atom is -0.333 e. The number of imide groups is 1. The molecule has 0 aromatic heterocycles. The van der Waals surface area contributed by atoms with Crippen LogP contribution in [0.4, 0.5) is 4.79 Å². The first kappa shape index (κ1) is 16.4. The number of carbonyl (C=O) groups is 3. The van der Waals surface area contributed by atoms with Gasteiger partial charge < -0.3 is 15.5 Å². The molecule has 4 amide bonds. The Morgan fingerprint density at radius 3 is 2.79 bits per heavy atom. The highest BCUT2D eigenvalue weighted by molar-refractivity contribution is 6.02. The van der Waals surface area contributed by atoms with Gasteiger partial charge in [0.15, 0.2) is 0 Å². The van der Waals surface area contributed by atoms with Crippen LogP contribution in [0.25, 0.3) is 0 Å². The van der Waals surface area contributed by atoms with Gasteiger partial charge in [0.1, 0.15) is 0 Å². The quantitative estimate of drug-likeness (QED) is 0.794. The van der Waals surface area contributed by atoms with Crippen LogP contribution in [0, 0.1) is 0 Å². The molecule has 0 aliphatic carbocycles. The smallest absolute Gasteiger partial charge is 0.324 e. The predicted octanol–water partition coefficient (Wildman–Crippen LogP) is 0.561. The largest absolute Gasteiger partial charge is 0.333 e. The molecule has 2 fully saturated rings. The van der Waals surface area contributed by atoms with Crippen LogP contribution < -0.4 is 10.6 Å². The Kier molecular flexibility index (Phi) is 4.53. The average Bonchev–Trinajstić information content (AvgIpc) is 2.89. The number of hydrogen-bond acceptors (Lipinski definition) is 4. The van der Waals surface area contributed by atoms with Gasteiger partial charge in [-0.05, 0) is 31.5 Å². The van der Waals surface area contributed by atoms with Crippen molar-refractivity contribution in [1.82, 2.24) is 20.4 Å². The van der Waals surface area contributed by atoms with Crippen molar-refractivity contribution >= 4 is 17.8 Å². The number of carbonyl (C=O) groups excluding carboxylic acids is 3. The molecule has 2 heterocycles. The summed E-state index contributed by atoms with van der Waals surface area (Å²) < 4.78 is 0. The zero-order chi connectivity index (χ0) is 17.3. The van der Waals surface area contributed by atoms with Gasteiger partial charge in [-0.1, -0.05) is 12.1 Å². The highest BCUT2D eigenvalue weighted by Gasteiger charge is 2.30. The van der Waals surface area contributed by atoms with Crippen LogP contribution in [-0.4, -0.2) is 59.4 Å². The molecule has 2 aliphatic heterocycles. The first-order chi connectivity index (χ1) is 11.5. The molecular weight excluding hydrogens is 308 g/mol. The number of rotatable bonds is 3. The molecule has 3 rings (SSSR count). The third-order valence-electron chi connectivity index (χ3n) is 4.75. The molecule has 0 bridgehead atoms. The fourth-order valence-corrected chi connectivity index (χ4v) is 3.11. The maximum absolute atomic E-state index is 12.8. The van der Waals surface area contributed by atoms with E-state index in [0.717, 1.165) is 12.1 Å². The number of hydrogen-bond donors (Lipinski definition) is 2. The summed E-state index contributed by atoms with van der Waals surface area (Å²) in [4.78, 5) is 39.2. The minimum atomic E-state index is -0.388. The number of nitrogens with zero attached hydrogens (tertiary/aromatic N) is 2. The van der Waals surface area contributed by atoms with Crippen LogP contribution in [0.15, 0.2) is 24.3 Å². The normalized spacial score (nSPS) is 24.2. The lowest BCUT2D eigenvalue weighted by molar-refractivity contribution is -0.125. The number of benzene rings is 1. The zero-order valence-electron chi connectivity index (χ0n) is 13.9. The van der Waals surface area contributed by atoms with E-state index in [4.69, 9.17) is 0 Å². The van der Waals surface area contributed by atoms with Crippen LogP contribution in [0.2, 0.25) is 0 Å². The molecule has 1 aromatic rings. The van der Waals surface area contributed by atoms with E-state index in [1.807, 2.05) is 17.9 Å². The maximum atomic E-state index is 12.8. The molecule has 7 nitrogen and oxygen atoms in total. The summed E-state index contributed by atoms with van der Waals surface area (Å²) in [5.74, 6) is -0.267. The lowest BCUT2D eigenvalue weighted by Crippen LogP contribution is -2.57. The fourth-order valence-electron chi connectivity index (χ4n) is 3.11. The van der Waals surface area contributed by atoms with E-state index in [2.05, 4.69) is 17.6 Å². The molecule has 2 unspecified atom stereocenters. The van der Waals surface area contributed by atoms with Crippen molar-refractivity contribution in [3.05, 3.63) is 35.4 Å². The van der Waals surface area contributed by atoms with Gasteiger partial charge in [-0.15, -0.1) is 0 Å². The van der Waals surface area contributed by atoms with Crippen LogP contribution in [0.3, 0.4) is 0 Å². The van der Waals surface area contributed by atoms with Crippen molar-refractivity contribution in [3.8, 4) is 0 Å². The van der Waals surface area contributed by atoms with Crippen LogP contribution in [-0.2, 0) is 11.3 Å². The molecular formula is C17H22N4O3. The van der Waals surface area contributed by atoms with E-state index in [0.29, 0.717) is 12.1 Å². The Labute approximate surface area is 141 Å². The standard InChI is InChI=1S/C17H22N4O3/c1-11-12(2)20(7-6-18-11)16(23)14-5-3-4-13(8-14)10-21-15(22)9-19-17(21)24/h3-5,8,11-12,18H,6-7,9-10H2,1-2H3,(H,19,24). The Bertz CT molecular complexity index is 660. The highest BCUT2D eigenvalue weighted by atomic mass is 16.2. The van der Waals surface area contributed by atoms with Crippen LogP contribution in [0.1, 0.15) is 29.8 Å². The topological polar surface area (TPSA) is 81.8 Å². The lowest BCUT2D eigenvalue weighted by Gasteiger charge is -2.38. The Hall–Kier alpha value is -2.41. The van der Waals surface area contributed by atoms with E-state index in [-0.39, 0.29) is 43.0 Å². The van der Waals surface area contributed by atoms with Gasteiger partial charge in [-0.2, -0.15) is 0 Å². The number of nitrogens with one attached hydrogen (secondary N) is 2. The Morgan fingerprint density at radius 1 is 1.29 bits per heavy atom. The Balaban J connectivity index is 1.76. The predicted molar refractivity (Wildman–Crippen MR) is 88.4 cm³/mol. The highest BCUT2D eigenvalue weighted by Crippen LogP contribution is 2.16. The number of urea groups is 1. The summed E-state index contributed by atoms with van der Waals surface area (Å²) in [7, 11) is 0. The number of amides is 4. The van der Waals surface area contributed by atoms with Gasteiger partial charge >= 0.3 is 6.03 Å². The second-order valence-corrected chi connectivity index (χ2v) is 6.32. The van der Waals surface area contributed by atoms with Crippen molar-refractivity contribution < 1.29 is 14.4 Å². The molecule has 7 heteroatoms. The molecule has 2 aliphatic rings. The SMILES string of the molecule is CC1NCCN(C(=O)c2cccc(CN3C(=O)CNC3=O)c2)C1C. The fraction of sp³-hybridized carbons (Fsp3) is 0.471. The first-order valence-electron chi connectivity index (χ1n) is 8.19. The average molecular weight is 330 g/mol. The monoisotopic (exact) mass is 330 g/mol. The molecule has 0 radical (unpaired) electrons. The Morgan fingerprint density at radius 2 is 2.08 bits per heavy atom. The van der Waals surface area contributed by atoms with E-state index in [1.54, 1.807) is 18.2 Å². The zero-order valence-corrected chi connectivity index (χ0v) is 13.9. The van der Waals surface area contributed by atoms with E-state index in [9.17, 15) is 14.4 Å². The van der Waals surface area contributed by atoms with Gasteiger partial charge in [0.25, 0.3) is 5.91 Å². The van der Waals surface area contributed by atoms with Crippen molar-refractivity contribution in [2.75, 3.05) is 19.6 Å². The molecule has 2 atom stereocenters. The van der Waals surface area contributed by atoms with Gasteiger partial charge in [0, 0.05) is 30.7 Å². The second kappa shape index (κ2) is 6.60. The maximum Gasteiger partial charge on any atom is 0.324 e. The summed E-state index contributed by atoms with van der Waals surface area (Å²) in [5.41, 5.74) is 1.35. The van der Waals surface area contributed by atoms with Gasteiger partial charge in [0.2, 0.25) is 5.91 Å². The molecule has 128 valence electrons. The van der Waals surface area contributed by atoms with E-state index in [1.165, 1.54) is 4.90 Å². The van der Waals surface area contributed by atoms with Gasteiger partial charge in [-0.3, -0.25) is 14.5 Å². The summed E-state index contributed by atoms with van der Waals surface area (Å²) in [6, 6.07) is 7.12. The number of piperazine rings is 1. The third kappa shape index (κ3) is 3.12. The summed E-state index contributed by atoms with van der Waals surface area (Å²) in [5, 5.41) is 5.85. The summed E-state index contributed by atoms with van der Waals surface area (Å²) >= 11 is 0. The summed E-state index contributed by atoms with van der Waals surface area (Å²) in [6.07, 6.45) is 0. The van der Waals surface area contributed by atoms with Crippen molar-refractivity contribution in [1.29, 1.82) is 0 Å². The third-order valence-corrected chi connectivity index (χ3v) is 4.75. The molecule has 2 N–H and O–H groups in total. The van der Waals surface area contributed by atoms with Crippen LogP contribution in [0.5, 0.6) is 0 Å². The van der Waals surface area contributed by atoms with Crippen molar-refractivity contribution in [2.45, 2.75) is 32.5 Å². The van der Waals surface area contributed by atoms with Gasteiger partial charge in [0.05, 0.1) is 13.1 Å². The molecule has 1 aromatic carbocycles. The first-order valence-corrected chi connectivity index (χ1v) is 8.19. The van der Waals surface area contributed by atoms with E-state index < -0.39 is 0 Å². The molecule has 0 spiro atoms. The lowest BCUT2D eigenvalue weighted by atomic mass is 10.0. The van der Waals surface area contributed by atoms with E-state index >= 15 is 0 Å². The molecule has 0 saturated carbocycles. The molecule has 24 heavy (non-hydrogen) atoms. The molecule has 2 saturated heterocycles. The van der Waals surface area contributed by atoms with Crippen molar-refractivity contribution in [2.24, 2.45) is 0 Å². The summed E-state index contributed by atoms with van der Waals surface area (Å²) in [6.45, 7) is 5.76. The van der Waals surface area contributed by atoms with Crippen molar-refractivity contribution in [3.63, 3.8) is 0 Å². The van der Waals surface area contributed by atoms with Crippen LogP contribution >= 0.6 is 0 Å². The van der Waals surface area contributed by atoms with Gasteiger partial charge in [-0.25, -0.2) is 4.79 Å². The second-order valence-electron chi connectivity index (χ2n) is 6.32.